The summed E-state index contributed by atoms with van der Waals surface area (Å²) in [4.78, 5) is 35.0. The molecule has 0 bridgehead atoms. The van der Waals surface area contributed by atoms with Crippen molar-refractivity contribution in [2.24, 2.45) is 0 Å². The minimum atomic E-state index is -3.14. The van der Waals surface area contributed by atoms with Gasteiger partial charge in [-0.2, -0.15) is 0 Å². The second-order valence-electron chi connectivity index (χ2n) is 6.46. The minimum absolute atomic E-state index is 0.0496. The first-order chi connectivity index (χ1) is 13.3. The first-order valence-electron chi connectivity index (χ1n) is 8.35. The van der Waals surface area contributed by atoms with Crippen molar-refractivity contribution in [1.82, 2.24) is 20.3 Å². The van der Waals surface area contributed by atoms with E-state index in [9.17, 15) is 18.0 Å². The van der Waals surface area contributed by atoms with Crippen LogP contribution in [0.15, 0.2) is 39.8 Å². The molecule has 0 saturated carbocycles. The van der Waals surface area contributed by atoms with Crippen LogP contribution in [0.4, 0.5) is 0 Å². The Morgan fingerprint density at radius 1 is 1.18 bits per heavy atom. The third-order valence-electron chi connectivity index (χ3n) is 4.23. The lowest BCUT2D eigenvalue weighted by Gasteiger charge is -2.04. The molecule has 144 valence electrons. The average Bonchev–Trinajstić information content (AvgIpc) is 3.24. The molecule has 0 fully saturated rings. The van der Waals surface area contributed by atoms with Crippen molar-refractivity contribution < 1.29 is 13.2 Å². The van der Waals surface area contributed by atoms with Gasteiger partial charge in [0.05, 0.1) is 22.5 Å². The van der Waals surface area contributed by atoms with E-state index in [-0.39, 0.29) is 29.5 Å². The topological polar surface area (TPSA) is 125 Å². The van der Waals surface area contributed by atoms with Crippen LogP contribution < -0.4 is 10.9 Å². The summed E-state index contributed by atoms with van der Waals surface area (Å²) in [5, 5.41) is 7.02. The van der Waals surface area contributed by atoms with Gasteiger partial charge < -0.3 is 15.3 Å². The summed E-state index contributed by atoms with van der Waals surface area (Å²) in [5.41, 5.74) is 3.11. The van der Waals surface area contributed by atoms with Gasteiger partial charge in [0.15, 0.2) is 5.69 Å². The predicted molar refractivity (Wildman–Crippen MR) is 110 cm³/mol. The largest absolute Gasteiger partial charge is 0.353 e. The van der Waals surface area contributed by atoms with Crippen molar-refractivity contribution in [2.75, 3.05) is 18.6 Å². The fraction of sp³-hybridized carbons (Fsp3) is 0.167. The van der Waals surface area contributed by atoms with Crippen LogP contribution in [0.25, 0.3) is 33.3 Å². The Bertz CT molecular complexity index is 1370. The molecular weight excluding hydrogens is 400 g/mol. The molecule has 3 aromatic heterocycles. The molecule has 0 atom stereocenters. The maximum Gasteiger partial charge on any atom is 0.276 e. The Hall–Kier alpha value is -2.98. The zero-order valence-electron chi connectivity index (χ0n) is 14.8. The monoisotopic (exact) mass is 416 g/mol. The molecule has 0 unspecified atom stereocenters. The molecule has 3 N–H and O–H groups in total. The Kier molecular flexibility index (Phi) is 4.52. The van der Waals surface area contributed by atoms with Crippen molar-refractivity contribution >= 4 is 49.0 Å². The molecule has 4 rings (SSSR count). The number of H-pyrrole nitrogens is 2. The first-order valence-corrected chi connectivity index (χ1v) is 11.4. The Balaban J connectivity index is 1.63. The first kappa shape index (κ1) is 18.4. The van der Waals surface area contributed by atoms with Gasteiger partial charge in [-0.25, -0.2) is 13.4 Å². The van der Waals surface area contributed by atoms with Crippen LogP contribution in [0.2, 0.25) is 0 Å². The second-order valence-corrected chi connectivity index (χ2v) is 9.46. The van der Waals surface area contributed by atoms with Crippen molar-refractivity contribution in [3.05, 3.63) is 50.9 Å². The Morgan fingerprint density at radius 3 is 2.79 bits per heavy atom. The molecular formula is C18H16N4O4S2. The van der Waals surface area contributed by atoms with Gasteiger partial charge in [0.25, 0.3) is 11.5 Å². The van der Waals surface area contributed by atoms with Gasteiger partial charge in [0.1, 0.15) is 9.84 Å². The average molecular weight is 416 g/mol. The van der Waals surface area contributed by atoms with Crippen LogP contribution in [0, 0.1) is 0 Å². The maximum absolute atomic E-state index is 12.3. The van der Waals surface area contributed by atoms with E-state index in [1.165, 1.54) is 11.3 Å². The van der Waals surface area contributed by atoms with E-state index in [0.29, 0.717) is 22.3 Å². The number of rotatable bonds is 5. The minimum Gasteiger partial charge on any atom is -0.353 e. The van der Waals surface area contributed by atoms with Gasteiger partial charge in [-0.05, 0) is 24.3 Å². The fourth-order valence-corrected chi connectivity index (χ4v) is 4.02. The van der Waals surface area contributed by atoms with E-state index < -0.39 is 9.84 Å². The lowest BCUT2D eigenvalue weighted by atomic mass is 10.1. The number of fused-ring (bicyclic) bond motifs is 2. The van der Waals surface area contributed by atoms with E-state index in [0.717, 1.165) is 17.2 Å². The number of nitrogens with zero attached hydrogens (tertiary/aromatic N) is 1. The van der Waals surface area contributed by atoms with Gasteiger partial charge in [-0.1, -0.05) is 0 Å². The number of carbonyl (C=O) groups excluding carboxylic acids is 1. The van der Waals surface area contributed by atoms with Gasteiger partial charge >= 0.3 is 0 Å². The van der Waals surface area contributed by atoms with Crippen LogP contribution in [-0.4, -0.2) is 47.8 Å². The van der Waals surface area contributed by atoms with E-state index >= 15 is 0 Å². The summed E-state index contributed by atoms with van der Waals surface area (Å²) in [6, 6.07) is 6.82. The summed E-state index contributed by atoms with van der Waals surface area (Å²) >= 11 is 1.46. The standard InChI is InChI=1S/C18H16N4O4S2/c1-28(25,26)5-4-19-17(23)10-2-3-12-11(6-10)7-13(20-12)16-18(24)22-15-9-27-8-14(15)21-16/h2-3,6-9,20H,4-5H2,1H3,(H,19,23)(H,22,24). The lowest BCUT2D eigenvalue weighted by Crippen LogP contribution is -2.28. The van der Waals surface area contributed by atoms with Crippen LogP contribution >= 0.6 is 11.3 Å². The number of thiophene rings is 1. The van der Waals surface area contributed by atoms with Crippen molar-refractivity contribution in [3.8, 4) is 11.4 Å². The van der Waals surface area contributed by atoms with Crippen molar-refractivity contribution in [2.45, 2.75) is 0 Å². The number of amides is 1. The smallest absolute Gasteiger partial charge is 0.276 e. The summed E-state index contributed by atoms with van der Waals surface area (Å²) in [6.07, 6.45) is 1.12. The Morgan fingerprint density at radius 2 is 2.00 bits per heavy atom. The SMILES string of the molecule is CS(=O)(=O)CCNC(=O)c1ccc2[nH]c(-c3nc4cscc4[nH]c3=O)cc2c1. The second kappa shape index (κ2) is 6.88. The number of aromatic amines is 2. The molecule has 0 aliphatic carbocycles. The third-order valence-corrected chi connectivity index (χ3v) is 5.91. The zero-order valence-corrected chi connectivity index (χ0v) is 16.4. The number of benzene rings is 1. The molecule has 1 aromatic carbocycles. The molecule has 0 saturated heterocycles. The van der Waals surface area contributed by atoms with Crippen molar-refractivity contribution in [1.29, 1.82) is 0 Å². The maximum atomic E-state index is 12.3. The molecule has 3 heterocycles. The molecule has 0 aliphatic heterocycles. The van der Waals surface area contributed by atoms with Crippen LogP contribution in [0.5, 0.6) is 0 Å². The molecule has 4 aromatic rings. The van der Waals surface area contributed by atoms with Crippen LogP contribution in [0.3, 0.4) is 0 Å². The highest BCUT2D eigenvalue weighted by Crippen LogP contribution is 2.23. The molecule has 0 radical (unpaired) electrons. The van der Waals surface area contributed by atoms with Crippen LogP contribution in [-0.2, 0) is 9.84 Å². The summed E-state index contributed by atoms with van der Waals surface area (Å²) in [6.45, 7) is 0.0496. The van der Waals surface area contributed by atoms with E-state index in [4.69, 9.17) is 0 Å². The molecule has 1 amide bonds. The molecule has 0 aliphatic rings. The van der Waals surface area contributed by atoms with E-state index in [1.807, 2.05) is 10.8 Å². The number of sulfone groups is 1. The Labute approximate surface area is 163 Å². The molecule has 28 heavy (non-hydrogen) atoms. The van der Waals surface area contributed by atoms with E-state index in [2.05, 4.69) is 20.3 Å². The number of hydrogen-bond donors (Lipinski definition) is 3. The number of hydrogen-bond acceptors (Lipinski definition) is 6. The number of aromatic nitrogens is 3. The molecule has 10 heteroatoms. The highest BCUT2D eigenvalue weighted by Gasteiger charge is 2.13. The summed E-state index contributed by atoms with van der Waals surface area (Å²) < 4.78 is 22.3. The number of nitrogens with one attached hydrogen (secondary N) is 3. The zero-order chi connectivity index (χ0) is 19.9. The lowest BCUT2D eigenvalue weighted by molar-refractivity contribution is 0.0956. The van der Waals surface area contributed by atoms with Gasteiger partial charge in [0.2, 0.25) is 0 Å². The molecule has 8 nitrogen and oxygen atoms in total. The highest BCUT2D eigenvalue weighted by atomic mass is 32.2. The van der Waals surface area contributed by atoms with Gasteiger partial charge in [-0.3, -0.25) is 9.59 Å². The van der Waals surface area contributed by atoms with Crippen LogP contribution in [0.1, 0.15) is 10.4 Å². The normalized spacial score (nSPS) is 11.9. The number of carbonyl (C=O) groups is 1. The summed E-state index contributed by atoms with van der Waals surface area (Å²) in [5.74, 6) is -0.474. The summed E-state index contributed by atoms with van der Waals surface area (Å²) in [7, 11) is -3.14. The van der Waals surface area contributed by atoms with Gasteiger partial charge in [0, 0.05) is 40.0 Å². The highest BCUT2D eigenvalue weighted by molar-refractivity contribution is 7.90. The quantitative estimate of drug-likeness (QED) is 0.458. The third kappa shape index (κ3) is 3.69. The van der Waals surface area contributed by atoms with E-state index in [1.54, 1.807) is 24.3 Å². The van der Waals surface area contributed by atoms with Gasteiger partial charge in [-0.15, -0.1) is 11.3 Å². The fourth-order valence-electron chi connectivity index (χ4n) is 2.86. The van der Waals surface area contributed by atoms with Crippen molar-refractivity contribution in [3.63, 3.8) is 0 Å². The molecule has 0 spiro atoms. The predicted octanol–water partition coefficient (Wildman–Crippen LogP) is 1.91.